The number of hydrogen-bond acceptors (Lipinski definition) is 6. The molecule has 10 heteroatoms. The van der Waals surface area contributed by atoms with Crippen molar-refractivity contribution < 1.29 is 42.1 Å². The maximum Gasteiger partial charge on any atom is 0.416 e. The second-order valence-electron chi connectivity index (χ2n) is 8.03. The number of carbonyl (C=O) groups is 2. The van der Waals surface area contributed by atoms with E-state index in [4.69, 9.17) is 14.2 Å². The minimum absolute atomic E-state index is 0.0161. The SMILES string of the molecule is COc1cccc(C2/C(=C(\O)c3c(OC)cccc3OC)C(=O)C(=O)N2c2cccc(C(F)(F)F)c2)c1. The lowest BCUT2D eigenvalue weighted by molar-refractivity contribution is -0.137. The summed E-state index contributed by atoms with van der Waals surface area (Å²) >= 11 is 0. The lowest BCUT2D eigenvalue weighted by atomic mass is 9.94. The molecule has 1 saturated heterocycles. The molecule has 1 atom stereocenters. The first kappa shape index (κ1) is 25.6. The number of benzene rings is 3. The minimum Gasteiger partial charge on any atom is -0.506 e. The van der Waals surface area contributed by atoms with Gasteiger partial charge in [0.05, 0.1) is 38.5 Å². The number of aliphatic hydroxyl groups excluding tert-OH is 1. The van der Waals surface area contributed by atoms with Crippen LogP contribution in [-0.2, 0) is 15.8 Å². The third-order valence-corrected chi connectivity index (χ3v) is 5.97. The molecule has 0 aromatic heterocycles. The predicted molar refractivity (Wildman–Crippen MR) is 129 cm³/mol. The Morgan fingerprint density at radius 2 is 1.49 bits per heavy atom. The largest absolute Gasteiger partial charge is 0.506 e. The number of amides is 1. The fraction of sp³-hybridized carbons (Fsp3) is 0.185. The zero-order valence-corrected chi connectivity index (χ0v) is 20.0. The van der Waals surface area contributed by atoms with Gasteiger partial charge in [-0.2, -0.15) is 13.2 Å². The first-order chi connectivity index (χ1) is 17.6. The van der Waals surface area contributed by atoms with Crippen molar-refractivity contribution in [3.05, 3.63) is 89.0 Å². The number of hydrogen-bond donors (Lipinski definition) is 1. The van der Waals surface area contributed by atoms with Crippen LogP contribution in [0.2, 0.25) is 0 Å². The molecule has 0 radical (unpaired) electrons. The van der Waals surface area contributed by atoms with Crippen LogP contribution < -0.4 is 19.1 Å². The highest BCUT2D eigenvalue weighted by Crippen LogP contribution is 2.46. The third-order valence-electron chi connectivity index (χ3n) is 5.97. The summed E-state index contributed by atoms with van der Waals surface area (Å²) in [4.78, 5) is 27.6. The monoisotopic (exact) mass is 513 g/mol. The standard InChI is InChI=1S/C27H22F3NO6/c1-35-18-10-4-7-15(13-18)23-22(24(32)21-19(36-2)11-6-12-20(21)37-3)25(33)26(34)31(23)17-9-5-8-16(14-17)27(28,29)30/h4-14,23,32H,1-3H3/b24-22+. The van der Waals surface area contributed by atoms with Gasteiger partial charge in [0.1, 0.15) is 28.6 Å². The molecule has 1 aliphatic heterocycles. The normalized spacial score (nSPS) is 17.1. The molecule has 0 saturated carbocycles. The Balaban J connectivity index is 2.03. The van der Waals surface area contributed by atoms with Crippen molar-refractivity contribution in [3.8, 4) is 17.2 Å². The summed E-state index contributed by atoms with van der Waals surface area (Å²) in [7, 11) is 4.13. The molecule has 37 heavy (non-hydrogen) atoms. The van der Waals surface area contributed by atoms with E-state index in [-0.39, 0.29) is 28.3 Å². The summed E-state index contributed by atoms with van der Waals surface area (Å²) in [6, 6.07) is 13.8. The smallest absolute Gasteiger partial charge is 0.416 e. The number of alkyl halides is 3. The van der Waals surface area contributed by atoms with Crippen molar-refractivity contribution in [2.24, 2.45) is 0 Å². The number of Topliss-reactive ketones (excluding diaryl/α,β-unsaturated/α-hetero) is 1. The molecule has 3 aromatic rings. The maximum atomic E-state index is 13.5. The molecule has 192 valence electrons. The van der Waals surface area contributed by atoms with Gasteiger partial charge in [0.15, 0.2) is 0 Å². The molecule has 1 N–H and O–H groups in total. The van der Waals surface area contributed by atoms with E-state index < -0.39 is 35.2 Å². The zero-order valence-electron chi connectivity index (χ0n) is 20.0. The van der Waals surface area contributed by atoms with Gasteiger partial charge < -0.3 is 19.3 Å². The third kappa shape index (κ3) is 4.57. The topological polar surface area (TPSA) is 85.3 Å². The highest BCUT2D eigenvalue weighted by molar-refractivity contribution is 6.51. The van der Waals surface area contributed by atoms with E-state index in [1.807, 2.05) is 0 Å². The van der Waals surface area contributed by atoms with Crippen LogP contribution in [0, 0.1) is 0 Å². The average Bonchev–Trinajstić information content (AvgIpc) is 3.17. The average molecular weight is 513 g/mol. The van der Waals surface area contributed by atoms with Crippen molar-refractivity contribution in [3.63, 3.8) is 0 Å². The Morgan fingerprint density at radius 1 is 0.865 bits per heavy atom. The molecule has 0 aliphatic carbocycles. The van der Waals surface area contributed by atoms with E-state index in [9.17, 15) is 27.9 Å². The molecule has 7 nitrogen and oxygen atoms in total. The van der Waals surface area contributed by atoms with Gasteiger partial charge in [0.25, 0.3) is 11.7 Å². The van der Waals surface area contributed by atoms with Crippen LogP contribution in [0.3, 0.4) is 0 Å². The van der Waals surface area contributed by atoms with Gasteiger partial charge in [0.2, 0.25) is 0 Å². The minimum atomic E-state index is -4.68. The van der Waals surface area contributed by atoms with Gasteiger partial charge in [-0.15, -0.1) is 0 Å². The number of rotatable bonds is 6. The summed E-state index contributed by atoms with van der Waals surface area (Å²) in [5.74, 6) is -2.10. The number of methoxy groups -OCH3 is 3. The molecular weight excluding hydrogens is 491 g/mol. The van der Waals surface area contributed by atoms with E-state index in [1.165, 1.54) is 45.6 Å². The molecule has 1 amide bonds. The number of anilines is 1. The Kier molecular flexibility index (Phi) is 6.84. The van der Waals surface area contributed by atoms with E-state index in [0.29, 0.717) is 11.3 Å². The maximum absolute atomic E-state index is 13.5. The van der Waals surface area contributed by atoms with E-state index >= 15 is 0 Å². The summed E-state index contributed by atoms with van der Waals surface area (Å²) in [6.45, 7) is 0. The fourth-order valence-corrected chi connectivity index (χ4v) is 4.28. The van der Waals surface area contributed by atoms with Crippen LogP contribution in [0.25, 0.3) is 5.76 Å². The van der Waals surface area contributed by atoms with Crippen molar-refractivity contribution >= 4 is 23.1 Å². The van der Waals surface area contributed by atoms with Crippen LogP contribution in [0.4, 0.5) is 18.9 Å². The summed E-state index contributed by atoms with van der Waals surface area (Å²) in [5.41, 5.74) is -1.18. The first-order valence-corrected chi connectivity index (χ1v) is 11.0. The summed E-state index contributed by atoms with van der Waals surface area (Å²) in [5, 5.41) is 11.4. The van der Waals surface area contributed by atoms with E-state index in [2.05, 4.69) is 0 Å². The van der Waals surface area contributed by atoms with Crippen LogP contribution in [0.15, 0.2) is 72.3 Å². The number of aliphatic hydroxyl groups is 1. The van der Waals surface area contributed by atoms with Crippen LogP contribution in [-0.4, -0.2) is 38.1 Å². The Hall–Kier alpha value is -4.47. The molecule has 1 fully saturated rings. The lowest BCUT2D eigenvalue weighted by Gasteiger charge is -2.26. The highest BCUT2D eigenvalue weighted by Gasteiger charge is 2.48. The Morgan fingerprint density at radius 3 is 2.08 bits per heavy atom. The zero-order chi connectivity index (χ0) is 26.9. The van der Waals surface area contributed by atoms with Crippen LogP contribution >= 0.6 is 0 Å². The molecular formula is C27H22F3NO6. The molecule has 0 spiro atoms. The molecule has 1 aliphatic rings. The fourth-order valence-electron chi connectivity index (χ4n) is 4.28. The second-order valence-corrected chi connectivity index (χ2v) is 8.03. The van der Waals surface area contributed by atoms with Gasteiger partial charge in [-0.3, -0.25) is 14.5 Å². The second kappa shape index (κ2) is 9.88. The first-order valence-electron chi connectivity index (χ1n) is 11.0. The van der Waals surface area contributed by atoms with Crippen molar-refractivity contribution in [2.75, 3.05) is 26.2 Å². The van der Waals surface area contributed by atoms with Gasteiger partial charge in [-0.1, -0.05) is 24.3 Å². The van der Waals surface area contributed by atoms with Gasteiger partial charge in [-0.05, 0) is 48.0 Å². The van der Waals surface area contributed by atoms with E-state index in [1.54, 1.807) is 24.3 Å². The molecule has 1 unspecified atom stereocenters. The van der Waals surface area contributed by atoms with E-state index in [0.717, 1.165) is 23.1 Å². The molecule has 1 heterocycles. The Bertz CT molecular complexity index is 1380. The highest BCUT2D eigenvalue weighted by atomic mass is 19.4. The molecule has 4 rings (SSSR count). The number of carbonyl (C=O) groups excluding carboxylic acids is 2. The Labute approximate surface area is 210 Å². The van der Waals surface area contributed by atoms with Crippen molar-refractivity contribution in [1.82, 2.24) is 0 Å². The predicted octanol–water partition coefficient (Wildman–Crippen LogP) is 5.36. The van der Waals surface area contributed by atoms with Gasteiger partial charge in [0, 0.05) is 5.69 Å². The lowest BCUT2D eigenvalue weighted by Crippen LogP contribution is -2.29. The van der Waals surface area contributed by atoms with Gasteiger partial charge >= 0.3 is 6.18 Å². The number of ketones is 1. The van der Waals surface area contributed by atoms with Crippen LogP contribution in [0.5, 0.6) is 17.2 Å². The van der Waals surface area contributed by atoms with Crippen molar-refractivity contribution in [2.45, 2.75) is 12.2 Å². The molecule has 3 aromatic carbocycles. The summed E-state index contributed by atoms with van der Waals surface area (Å²) < 4.78 is 56.4. The van der Waals surface area contributed by atoms with Gasteiger partial charge in [-0.25, -0.2) is 0 Å². The van der Waals surface area contributed by atoms with Crippen molar-refractivity contribution in [1.29, 1.82) is 0 Å². The number of halogens is 3. The quantitative estimate of drug-likeness (QED) is 0.272. The number of ether oxygens (including phenoxy) is 3. The molecule has 0 bridgehead atoms. The summed E-state index contributed by atoms with van der Waals surface area (Å²) in [6.07, 6.45) is -4.68. The van der Waals surface area contributed by atoms with Crippen LogP contribution in [0.1, 0.15) is 22.7 Å². The number of nitrogens with zero attached hydrogens (tertiary/aromatic N) is 1.